The maximum atomic E-state index is 13.3. The van der Waals surface area contributed by atoms with Gasteiger partial charge in [0, 0.05) is 17.5 Å². The summed E-state index contributed by atoms with van der Waals surface area (Å²) in [5.74, 6) is -0.158. The van der Waals surface area contributed by atoms with E-state index in [4.69, 9.17) is 11.6 Å². The first kappa shape index (κ1) is 14.8. The molecular weight excluding hydrogens is 333 g/mol. The average Bonchev–Trinajstić information content (AvgIpc) is 2.41. The molecule has 0 atom stereocenters. The summed E-state index contributed by atoms with van der Waals surface area (Å²) in [5.41, 5.74) is 0.353. The monoisotopic (exact) mass is 347 g/mol. The first-order valence-electron chi connectivity index (χ1n) is 6.43. The van der Waals surface area contributed by atoms with E-state index in [-0.39, 0.29) is 11.3 Å². The second kappa shape index (κ2) is 6.71. The number of nitrogens with one attached hydrogen (secondary N) is 1. The van der Waals surface area contributed by atoms with Gasteiger partial charge in [0.2, 0.25) is 0 Å². The highest BCUT2D eigenvalue weighted by Crippen LogP contribution is 2.27. The Bertz CT molecular complexity index is 461. The lowest BCUT2D eigenvalue weighted by atomic mass is 9.89. The van der Waals surface area contributed by atoms with Crippen LogP contribution in [0, 0.1) is 11.7 Å². The topological polar surface area (TPSA) is 29.1 Å². The molecule has 0 unspecified atom stereocenters. The van der Waals surface area contributed by atoms with Crippen molar-refractivity contribution in [1.29, 1.82) is 0 Å². The molecule has 1 saturated carbocycles. The summed E-state index contributed by atoms with van der Waals surface area (Å²) in [6.07, 6.45) is 4.11. The Hall–Kier alpha value is -0.610. The molecule has 0 bridgehead atoms. The SMILES string of the molecule is O=C(NCC1CCC(Cl)CC1)c1ccc(Br)c(F)c1. The molecule has 1 aromatic rings. The first-order chi connectivity index (χ1) is 9.06. The van der Waals surface area contributed by atoms with Crippen molar-refractivity contribution in [2.45, 2.75) is 31.1 Å². The maximum Gasteiger partial charge on any atom is 0.251 e. The van der Waals surface area contributed by atoms with Crippen LogP contribution in [0.25, 0.3) is 0 Å². The summed E-state index contributed by atoms with van der Waals surface area (Å²) in [7, 11) is 0. The van der Waals surface area contributed by atoms with Gasteiger partial charge in [-0.05, 0) is 65.7 Å². The largest absolute Gasteiger partial charge is 0.352 e. The van der Waals surface area contributed by atoms with Crippen LogP contribution in [0.3, 0.4) is 0 Å². The van der Waals surface area contributed by atoms with Crippen LogP contribution < -0.4 is 5.32 Å². The number of amides is 1. The molecule has 104 valence electrons. The zero-order chi connectivity index (χ0) is 13.8. The van der Waals surface area contributed by atoms with E-state index in [2.05, 4.69) is 21.2 Å². The molecule has 0 spiro atoms. The number of rotatable bonds is 3. The second-order valence-electron chi connectivity index (χ2n) is 4.96. The van der Waals surface area contributed by atoms with Gasteiger partial charge in [0.25, 0.3) is 5.91 Å². The van der Waals surface area contributed by atoms with E-state index in [0.29, 0.717) is 22.5 Å². The Kier molecular flexibility index (Phi) is 5.22. The van der Waals surface area contributed by atoms with Crippen LogP contribution in [0.1, 0.15) is 36.0 Å². The van der Waals surface area contributed by atoms with Crippen LogP contribution >= 0.6 is 27.5 Å². The molecular formula is C14H16BrClFNO. The van der Waals surface area contributed by atoms with Crippen molar-refractivity contribution < 1.29 is 9.18 Å². The number of benzene rings is 1. The molecule has 1 aromatic carbocycles. The van der Waals surface area contributed by atoms with Crippen LogP contribution in [-0.2, 0) is 0 Å². The third-order valence-electron chi connectivity index (χ3n) is 3.51. The summed E-state index contributed by atoms with van der Waals surface area (Å²) in [6.45, 7) is 0.639. The quantitative estimate of drug-likeness (QED) is 0.818. The summed E-state index contributed by atoms with van der Waals surface area (Å²) < 4.78 is 13.7. The van der Waals surface area contributed by atoms with Crippen molar-refractivity contribution in [1.82, 2.24) is 5.32 Å². The number of carbonyl (C=O) groups is 1. The van der Waals surface area contributed by atoms with Crippen molar-refractivity contribution in [2.75, 3.05) is 6.54 Å². The molecule has 19 heavy (non-hydrogen) atoms. The van der Waals surface area contributed by atoms with Crippen molar-refractivity contribution in [2.24, 2.45) is 5.92 Å². The van der Waals surface area contributed by atoms with Gasteiger partial charge in [-0.2, -0.15) is 0 Å². The van der Waals surface area contributed by atoms with E-state index in [1.54, 1.807) is 12.1 Å². The zero-order valence-electron chi connectivity index (χ0n) is 10.5. The fraction of sp³-hybridized carbons (Fsp3) is 0.500. The minimum atomic E-state index is -0.421. The molecule has 2 rings (SSSR count). The van der Waals surface area contributed by atoms with Gasteiger partial charge >= 0.3 is 0 Å². The third-order valence-corrected chi connectivity index (χ3v) is 4.59. The minimum absolute atomic E-state index is 0.223. The molecule has 1 N–H and O–H groups in total. The lowest BCUT2D eigenvalue weighted by molar-refractivity contribution is 0.0943. The fourth-order valence-electron chi connectivity index (χ4n) is 2.30. The van der Waals surface area contributed by atoms with E-state index in [0.717, 1.165) is 25.7 Å². The van der Waals surface area contributed by atoms with E-state index in [1.165, 1.54) is 6.07 Å². The highest BCUT2D eigenvalue weighted by atomic mass is 79.9. The molecule has 0 radical (unpaired) electrons. The molecule has 0 aromatic heterocycles. The summed E-state index contributed by atoms with van der Waals surface area (Å²) in [6, 6.07) is 4.40. The average molecular weight is 349 g/mol. The van der Waals surface area contributed by atoms with Crippen LogP contribution in [0.2, 0.25) is 0 Å². The Labute approximate surface area is 125 Å². The maximum absolute atomic E-state index is 13.3. The Balaban J connectivity index is 1.85. The number of carbonyl (C=O) groups excluding carboxylic acids is 1. The lowest BCUT2D eigenvalue weighted by Crippen LogP contribution is -2.31. The minimum Gasteiger partial charge on any atom is -0.352 e. The predicted molar refractivity (Wildman–Crippen MR) is 78.0 cm³/mol. The number of hydrogen-bond acceptors (Lipinski definition) is 1. The van der Waals surface area contributed by atoms with Gasteiger partial charge in [0.15, 0.2) is 0 Å². The number of hydrogen-bond donors (Lipinski definition) is 1. The van der Waals surface area contributed by atoms with Gasteiger partial charge in [0.05, 0.1) is 4.47 Å². The molecule has 1 aliphatic carbocycles. The van der Waals surface area contributed by atoms with E-state index >= 15 is 0 Å². The molecule has 0 heterocycles. The summed E-state index contributed by atoms with van der Waals surface area (Å²) in [5, 5.41) is 3.15. The van der Waals surface area contributed by atoms with Crippen molar-refractivity contribution in [3.8, 4) is 0 Å². The van der Waals surface area contributed by atoms with Crippen LogP contribution in [0.5, 0.6) is 0 Å². The lowest BCUT2D eigenvalue weighted by Gasteiger charge is -2.25. The molecule has 0 saturated heterocycles. The van der Waals surface area contributed by atoms with Gasteiger partial charge < -0.3 is 5.32 Å². The molecule has 1 aliphatic rings. The molecule has 2 nitrogen and oxygen atoms in total. The molecule has 0 aliphatic heterocycles. The van der Waals surface area contributed by atoms with Crippen molar-refractivity contribution >= 4 is 33.4 Å². The molecule has 1 fully saturated rings. The standard InChI is InChI=1S/C14H16BrClFNO/c15-12-6-3-10(7-13(12)17)14(19)18-8-9-1-4-11(16)5-2-9/h3,6-7,9,11H,1-2,4-5,8H2,(H,18,19). The van der Waals surface area contributed by atoms with Crippen molar-refractivity contribution in [3.63, 3.8) is 0 Å². The van der Waals surface area contributed by atoms with E-state index in [1.807, 2.05) is 0 Å². The second-order valence-corrected chi connectivity index (χ2v) is 6.43. The van der Waals surface area contributed by atoms with Gasteiger partial charge in [-0.1, -0.05) is 0 Å². The van der Waals surface area contributed by atoms with Crippen LogP contribution in [0.4, 0.5) is 4.39 Å². The van der Waals surface area contributed by atoms with Gasteiger partial charge in [0.1, 0.15) is 5.82 Å². The van der Waals surface area contributed by atoms with Crippen LogP contribution in [0.15, 0.2) is 22.7 Å². The number of halogens is 3. The highest BCUT2D eigenvalue weighted by Gasteiger charge is 2.20. The van der Waals surface area contributed by atoms with E-state index < -0.39 is 5.82 Å². The van der Waals surface area contributed by atoms with Gasteiger partial charge in [-0.15, -0.1) is 11.6 Å². The first-order valence-corrected chi connectivity index (χ1v) is 7.66. The Morgan fingerprint density at radius 1 is 1.37 bits per heavy atom. The van der Waals surface area contributed by atoms with Gasteiger partial charge in [-0.3, -0.25) is 4.79 Å². The fourth-order valence-corrected chi connectivity index (χ4v) is 2.80. The normalized spacial score (nSPS) is 23.1. The van der Waals surface area contributed by atoms with Crippen molar-refractivity contribution in [3.05, 3.63) is 34.1 Å². The summed E-state index contributed by atoms with van der Waals surface area (Å²) in [4.78, 5) is 11.9. The molecule has 1 amide bonds. The number of alkyl halides is 1. The highest BCUT2D eigenvalue weighted by molar-refractivity contribution is 9.10. The summed E-state index contributed by atoms with van der Waals surface area (Å²) >= 11 is 9.11. The Morgan fingerprint density at radius 3 is 2.68 bits per heavy atom. The third kappa shape index (κ3) is 4.18. The van der Waals surface area contributed by atoms with E-state index in [9.17, 15) is 9.18 Å². The zero-order valence-corrected chi connectivity index (χ0v) is 12.8. The predicted octanol–water partition coefficient (Wildman–Crippen LogP) is 4.12. The van der Waals surface area contributed by atoms with Gasteiger partial charge in [-0.25, -0.2) is 4.39 Å². The van der Waals surface area contributed by atoms with Crippen LogP contribution in [-0.4, -0.2) is 17.8 Å². The molecule has 5 heteroatoms. The smallest absolute Gasteiger partial charge is 0.251 e. The Morgan fingerprint density at radius 2 is 2.05 bits per heavy atom.